The fraction of sp³-hybridized carbons (Fsp3) is 0.154. The van der Waals surface area contributed by atoms with Crippen LogP contribution >= 0.6 is 0 Å². The van der Waals surface area contributed by atoms with Crippen molar-refractivity contribution in [3.05, 3.63) is 41.5 Å². The first kappa shape index (κ1) is 12.5. The lowest BCUT2D eigenvalue weighted by atomic mass is 10.0. The lowest BCUT2D eigenvalue weighted by Crippen LogP contribution is -2.01. The van der Waals surface area contributed by atoms with Gasteiger partial charge in [0.2, 0.25) is 0 Å². The molecule has 0 aliphatic carbocycles. The van der Waals surface area contributed by atoms with Crippen molar-refractivity contribution in [1.82, 2.24) is 0 Å². The predicted octanol–water partition coefficient (Wildman–Crippen LogP) is 2.03. The molecule has 4 heteroatoms. The number of nitriles is 2. The molecule has 0 spiro atoms. The van der Waals surface area contributed by atoms with Crippen LogP contribution in [0.1, 0.15) is 18.1 Å². The Morgan fingerprint density at radius 2 is 2.12 bits per heavy atom. The highest BCUT2D eigenvalue weighted by molar-refractivity contribution is 5.96. The molecule has 84 valence electrons. The summed E-state index contributed by atoms with van der Waals surface area (Å²) in [6.45, 7) is 1.93. The number of hydrogen-bond donors (Lipinski definition) is 0. The third-order valence-corrected chi connectivity index (χ3v) is 2.01. The van der Waals surface area contributed by atoms with Crippen LogP contribution in [-0.4, -0.2) is 12.6 Å². The number of esters is 1. The van der Waals surface area contributed by atoms with E-state index >= 15 is 0 Å². The molecule has 0 radical (unpaired) electrons. The highest BCUT2D eigenvalue weighted by Gasteiger charge is 2.08. The van der Waals surface area contributed by atoms with Gasteiger partial charge in [0.05, 0.1) is 23.8 Å². The van der Waals surface area contributed by atoms with Crippen molar-refractivity contribution in [2.75, 3.05) is 6.61 Å². The Hall–Kier alpha value is -2.59. The van der Waals surface area contributed by atoms with Crippen molar-refractivity contribution >= 4 is 11.5 Å². The maximum atomic E-state index is 11.3. The molecule has 0 aliphatic heterocycles. The van der Waals surface area contributed by atoms with Gasteiger partial charge in [0.1, 0.15) is 6.07 Å². The van der Waals surface area contributed by atoms with E-state index in [1.54, 1.807) is 31.2 Å². The van der Waals surface area contributed by atoms with E-state index < -0.39 is 5.97 Å². The zero-order valence-corrected chi connectivity index (χ0v) is 9.30. The Labute approximate surface area is 99.4 Å². The molecule has 0 amide bonds. The van der Waals surface area contributed by atoms with Gasteiger partial charge in [-0.15, -0.1) is 0 Å². The minimum Gasteiger partial charge on any atom is -0.463 e. The van der Waals surface area contributed by atoms with E-state index in [0.29, 0.717) is 11.1 Å². The van der Waals surface area contributed by atoms with Crippen LogP contribution in [0.4, 0.5) is 0 Å². The van der Waals surface area contributed by atoms with Gasteiger partial charge in [-0.25, -0.2) is 4.79 Å². The molecule has 1 aromatic carbocycles. The number of hydrogen-bond acceptors (Lipinski definition) is 4. The van der Waals surface area contributed by atoms with Crippen molar-refractivity contribution in [1.29, 1.82) is 10.5 Å². The fourth-order valence-corrected chi connectivity index (χ4v) is 1.29. The maximum Gasteiger partial charge on any atom is 0.332 e. The highest BCUT2D eigenvalue weighted by Crippen LogP contribution is 2.17. The zero-order chi connectivity index (χ0) is 12.7. The van der Waals surface area contributed by atoms with Crippen molar-refractivity contribution in [3.8, 4) is 12.1 Å². The Kier molecular flexibility index (Phi) is 4.47. The summed E-state index contributed by atoms with van der Waals surface area (Å²) in [5.41, 5.74) is 0.913. The van der Waals surface area contributed by atoms with Crippen LogP contribution in [-0.2, 0) is 9.53 Å². The van der Waals surface area contributed by atoms with Crippen molar-refractivity contribution in [3.63, 3.8) is 0 Å². The summed E-state index contributed by atoms with van der Waals surface area (Å²) in [6.07, 6.45) is 1.10. The molecular weight excluding hydrogens is 216 g/mol. The summed E-state index contributed by atoms with van der Waals surface area (Å²) in [5.74, 6) is -0.586. The van der Waals surface area contributed by atoms with Gasteiger partial charge < -0.3 is 4.74 Å². The molecule has 1 aromatic rings. The van der Waals surface area contributed by atoms with Gasteiger partial charge in [0.25, 0.3) is 0 Å². The monoisotopic (exact) mass is 226 g/mol. The second kappa shape index (κ2) is 6.09. The Morgan fingerprint density at radius 1 is 1.41 bits per heavy atom. The molecule has 0 fully saturated rings. The van der Waals surface area contributed by atoms with E-state index in [4.69, 9.17) is 15.3 Å². The largest absolute Gasteiger partial charge is 0.463 e. The first-order valence-electron chi connectivity index (χ1n) is 5.01. The summed E-state index contributed by atoms with van der Waals surface area (Å²) in [4.78, 5) is 11.3. The van der Waals surface area contributed by atoms with Crippen LogP contribution in [0.2, 0.25) is 0 Å². The highest BCUT2D eigenvalue weighted by atomic mass is 16.5. The molecule has 0 atom stereocenters. The molecule has 0 aliphatic rings. The van der Waals surface area contributed by atoms with Crippen LogP contribution < -0.4 is 0 Å². The van der Waals surface area contributed by atoms with Gasteiger partial charge in [-0.05, 0) is 13.0 Å². The number of ether oxygens (including phenoxy) is 1. The molecule has 0 saturated heterocycles. The molecule has 4 nitrogen and oxygen atoms in total. The first-order chi connectivity index (χ1) is 8.22. The Bertz CT molecular complexity index is 533. The topological polar surface area (TPSA) is 73.9 Å². The second-order valence-electron chi connectivity index (χ2n) is 3.08. The van der Waals surface area contributed by atoms with Crippen LogP contribution in [0.25, 0.3) is 5.57 Å². The molecule has 0 heterocycles. The number of carbonyl (C=O) groups excluding carboxylic acids is 1. The second-order valence-corrected chi connectivity index (χ2v) is 3.08. The Morgan fingerprint density at radius 3 is 2.71 bits per heavy atom. The number of benzene rings is 1. The van der Waals surface area contributed by atoms with Crippen molar-refractivity contribution in [2.24, 2.45) is 0 Å². The van der Waals surface area contributed by atoms with Crippen LogP contribution in [0.3, 0.4) is 0 Å². The first-order valence-corrected chi connectivity index (χ1v) is 5.01. The molecule has 0 saturated carbocycles. The normalized spacial score (nSPS) is 10.2. The van der Waals surface area contributed by atoms with Gasteiger partial charge in [0.15, 0.2) is 0 Å². The van der Waals surface area contributed by atoms with Gasteiger partial charge in [0, 0.05) is 11.6 Å². The minimum absolute atomic E-state index is 0.126. The van der Waals surface area contributed by atoms with Crippen LogP contribution in [0.15, 0.2) is 30.3 Å². The molecule has 0 N–H and O–H groups in total. The third kappa shape index (κ3) is 3.19. The van der Waals surface area contributed by atoms with E-state index in [9.17, 15) is 4.79 Å². The van der Waals surface area contributed by atoms with Gasteiger partial charge in [-0.1, -0.05) is 18.2 Å². The molecule has 17 heavy (non-hydrogen) atoms. The average Bonchev–Trinajstić information content (AvgIpc) is 2.36. The van der Waals surface area contributed by atoms with Crippen LogP contribution in [0.5, 0.6) is 0 Å². The summed E-state index contributed by atoms with van der Waals surface area (Å²) in [6, 6.07) is 10.5. The lowest BCUT2D eigenvalue weighted by Gasteiger charge is -2.01. The minimum atomic E-state index is -0.586. The number of allylic oxidation sites excluding steroid dienone is 1. The zero-order valence-electron chi connectivity index (χ0n) is 9.30. The Balaban J connectivity index is 3.16. The van der Waals surface area contributed by atoms with Crippen molar-refractivity contribution < 1.29 is 9.53 Å². The molecular formula is C13H10N2O2. The van der Waals surface area contributed by atoms with E-state index in [1.807, 2.05) is 12.1 Å². The van der Waals surface area contributed by atoms with Gasteiger partial charge in [-0.3, -0.25) is 0 Å². The summed E-state index contributed by atoms with van der Waals surface area (Å²) in [5, 5.41) is 17.9. The van der Waals surface area contributed by atoms with Crippen molar-refractivity contribution in [2.45, 2.75) is 6.92 Å². The third-order valence-electron chi connectivity index (χ3n) is 2.01. The van der Waals surface area contributed by atoms with Gasteiger partial charge >= 0.3 is 5.97 Å². The van der Waals surface area contributed by atoms with E-state index in [1.165, 1.54) is 0 Å². The number of carbonyl (C=O) groups is 1. The maximum absolute atomic E-state index is 11.3. The standard InChI is InChI=1S/C13H10N2O2/c1-2-17-13(16)7-11(9-15)12-6-4-3-5-10(12)8-14/h3-7H,2H2,1H3. The smallest absolute Gasteiger partial charge is 0.332 e. The molecule has 0 unspecified atom stereocenters. The molecule has 0 bridgehead atoms. The SMILES string of the molecule is CCOC(=O)C=C(C#N)c1ccccc1C#N. The average molecular weight is 226 g/mol. The lowest BCUT2D eigenvalue weighted by molar-refractivity contribution is -0.137. The van der Waals surface area contributed by atoms with Gasteiger partial charge in [-0.2, -0.15) is 10.5 Å². The fourth-order valence-electron chi connectivity index (χ4n) is 1.29. The van der Waals surface area contributed by atoms with E-state index in [2.05, 4.69) is 0 Å². The predicted molar refractivity (Wildman–Crippen MR) is 61.4 cm³/mol. The molecule has 0 aromatic heterocycles. The number of rotatable bonds is 3. The summed E-state index contributed by atoms with van der Waals surface area (Å²) >= 11 is 0. The quantitative estimate of drug-likeness (QED) is 0.449. The van der Waals surface area contributed by atoms with Crippen LogP contribution in [0, 0.1) is 22.7 Å². The van der Waals surface area contributed by atoms with E-state index in [-0.39, 0.29) is 12.2 Å². The number of nitrogens with zero attached hydrogens (tertiary/aromatic N) is 2. The summed E-state index contributed by atoms with van der Waals surface area (Å²) < 4.78 is 4.72. The summed E-state index contributed by atoms with van der Waals surface area (Å²) in [7, 11) is 0. The van der Waals surface area contributed by atoms with E-state index in [0.717, 1.165) is 6.08 Å². The molecule has 1 rings (SSSR count).